The number of amides is 2. The molecule has 6 nitrogen and oxygen atoms in total. The molecule has 0 bridgehead atoms. The number of aromatic nitrogens is 1. The number of thiazole rings is 1. The van der Waals surface area contributed by atoms with E-state index in [1.54, 1.807) is 11.3 Å². The number of rotatable bonds is 6. The first-order chi connectivity index (χ1) is 12.0. The molecule has 2 aromatic heterocycles. The Balaban J connectivity index is 1.51. The van der Waals surface area contributed by atoms with Gasteiger partial charge in [-0.15, -0.1) is 22.7 Å². The smallest absolute Gasteiger partial charge is 0.231 e. The number of carbonyl (C=O) groups is 2. The number of hydrogen-bond donors (Lipinski definition) is 2. The minimum absolute atomic E-state index is 0.0265. The Labute approximate surface area is 155 Å². The normalized spacial score (nSPS) is 20.0. The zero-order valence-electron chi connectivity index (χ0n) is 14.2. The second kappa shape index (κ2) is 7.63. The van der Waals surface area contributed by atoms with Crippen LogP contribution >= 0.6 is 22.7 Å². The first-order valence-electron chi connectivity index (χ1n) is 8.22. The summed E-state index contributed by atoms with van der Waals surface area (Å²) in [7, 11) is 0. The Kier molecular flexibility index (Phi) is 5.51. The molecule has 1 aliphatic heterocycles. The second-order valence-corrected chi connectivity index (χ2v) is 8.60. The third-order valence-electron chi connectivity index (χ3n) is 4.45. The van der Waals surface area contributed by atoms with Crippen LogP contribution < -0.4 is 11.1 Å². The zero-order chi connectivity index (χ0) is 17.9. The van der Waals surface area contributed by atoms with Crippen LogP contribution in [0.25, 0.3) is 0 Å². The molecule has 1 atom stereocenters. The first kappa shape index (κ1) is 18.0. The number of likely N-dealkylation sites (tertiary alicyclic amines) is 1. The van der Waals surface area contributed by atoms with E-state index in [-0.39, 0.29) is 23.7 Å². The van der Waals surface area contributed by atoms with Crippen LogP contribution in [0.5, 0.6) is 0 Å². The number of hydrogen-bond acceptors (Lipinski definition) is 6. The Morgan fingerprint density at radius 3 is 2.92 bits per heavy atom. The van der Waals surface area contributed by atoms with Gasteiger partial charge in [0.1, 0.15) is 0 Å². The van der Waals surface area contributed by atoms with Crippen LogP contribution in [0.3, 0.4) is 0 Å². The maximum Gasteiger partial charge on any atom is 0.231 e. The van der Waals surface area contributed by atoms with Crippen molar-refractivity contribution in [3.8, 4) is 0 Å². The van der Waals surface area contributed by atoms with Crippen LogP contribution in [0.15, 0.2) is 22.9 Å². The van der Waals surface area contributed by atoms with Crippen molar-refractivity contribution in [2.45, 2.75) is 26.2 Å². The number of anilines is 1. The maximum atomic E-state index is 12.4. The number of nitrogens with two attached hydrogens (primary N) is 1. The highest BCUT2D eigenvalue weighted by Gasteiger charge is 2.34. The molecule has 134 valence electrons. The van der Waals surface area contributed by atoms with Gasteiger partial charge in [-0.1, -0.05) is 13.0 Å². The molecule has 1 saturated heterocycles. The third kappa shape index (κ3) is 4.65. The van der Waals surface area contributed by atoms with E-state index in [9.17, 15) is 9.59 Å². The molecular weight excluding hydrogens is 356 g/mol. The van der Waals surface area contributed by atoms with E-state index in [1.165, 1.54) is 11.3 Å². The van der Waals surface area contributed by atoms with Crippen LogP contribution in [0.1, 0.15) is 23.9 Å². The Morgan fingerprint density at radius 1 is 1.40 bits per heavy atom. The molecule has 0 spiro atoms. The summed E-state index contributed by atoms with van der Waals surface area (Å²) in [6.07, 6.45) is 1.55. The van der Waals surface area contributed by atoms with Crippen molar-refractivity contribution >= 4 is 39.6 Å². The molecular formula is C17H22N4O2S2. The van der Waals surface area contributed by atoms with Gasteiger partial charge in [0.25, 0.3) is 0 Å². The molecule has 0 saturated carbocycles. The third-order valence-corrected chi connectivity index (χ3v) is 6.13. The van der Waals surface area contributed by atoms with E-state index in [1.807, 2.05) is 27.8 Å². The molecule has 1 fully saturated rings. The van der Waals surface area contributed by atoms with Crippen molar-refractivity contribution in [3.63, 3.8) is 0 Å². The molecule has 8 heteroatoms. The molecule has 1 aliphatic rings. The minimum Gasteiger partial charge on any atom is -0.342 e. The summed E-state index contributed by atoms with van der Waals surface area (Å²) >= 11 is 2.90. The van der Waals surface area contributed by atoms with Gasteiger partial charge in [0.05, 0.1) is 18.5 Å². The van der Waals surface area contributed by atoms with Gasteiger partial charge in [0, 0.05) is 23.3 Å². The summed E-state index contributed by atoms with van der Waals surface area (Å²) in [6.45, 7) is 4.16. The van der Waals surface area contributed by atoms with Crippen LogP contribution in [0, 0.1) is 5.41 Å². The largest absolute Gasteiger partial charge is 0.342 e. The fraction of sp³-hybridized carbons (Fsp3) is 0.471. The highest BCUT2D eigenvalue weighted by Crippen LogP contribution is 2.29. The highest BCUT2D eigenvalue weighted by molar-refractivity contribution is 7.14. The van der Waals surface area contributed by atoms with Gasteiger partial charge in [0.15, 0.2) is 5.13 Å². The monoisotopic (exact) mass is 378 g/mol. The average Bonchev–Trinajstić information content (AvgIpc) is 3.30. The van der Waals surface area contributed by atoms with E-state index in [0.717, 1.165) is 17.8 Å². The van der Waals surface area contributed by atoms with E-state index < -0.39 is 0 Å². The van der Waals surface area contributed by atoms with Gasteiger partial charge in [-0.2, -0.15) is 0 Å². The van der Waals surface area contributed by atoms with Crippen LogP contribution in [0.4, 0.5) is 5.13 Å². The molecule has 0 aliphatic carbocycles. The van der Waals surface area contributed by atoms with E-state index >= 15 is 0 Å². The fourth-order valence-corrected chi connectivity index (χ4v) is 4.28. The molecule has 1 unspecified atom stereocenters. The van der Waals surface area contributed by atoms with Gasteiger partial charge >= 0.3 is 0 Å². The topological polar surface area (TPSA) is 88.3 Å². The lowest BCUT2D eigenvalue weighted by molar-refractivity contribution is -0.129. The lowest BCUT2D eigenvalue weighted by atomic mass is 9.90. The quantitative estimate of drug-likeness (QED) is 0.806. The minimum atomic E-state index is -0.0899. The number of nitrogens with one attached hydrogen (secondary N) is 1. The van der Waals surface area contributed by atoms with Crippen LogP contribution in [0.2, 0.25) is 0 Å². The van der Waals surface area contributed by atoms with Crippen molar-refractivity contribution < 1.29 is 9.59 Å². The molecule has 3 rings (SSSR count). The first-order valence-corrected chi connectivity index (χ1v) is 9.98. The Hall–Kier alpha value is -1.77. The molecule has 25 heavy (non-hydrogen) atoms. The number of nitrogens with zero attached hydrogens (tertiary/aromatic N) is 2. The lowest BCUT2D eigenvalue weighted by Gasteiger charge is -2.22. The molecule has 3 heterocycles. The summed E-state index contributed by atoms with van der Waals surface area (Å²) in [5, 5.41) is 7.12. The van der Waals surface area contributed by atoms with Crippen molar-refractivity contribution in [2.75, 3.05) is 25.0 Å². The molecule has 2 amide bonds. The highest BCUT2D eigenvalue weighted by atomic mass is 32.1. The second-order valence-electron chi connectivity index (χ2n) is 6.71. The van der Waals surface area contributed by atoms with Gasteiger partial charge in [-0.05, 0) is 29.8 Å². The average molecular weight is 379 g/mol. The Bertz CT molecular complexity index is 744. The number of thiophene rings is 1. The number of carbonyl (C=O) groups excluding carboxylic acids is 2. The fourth-order valence-electron chi connectivity index (χ4n) is 2.85. The van der Waals surface area contributed by atoms with Crippen molar-refractivity contribution in [2.24, 2.45) is 11.1 Å². The standard InChI is InChI=1S/C17H22N4O2S2/c1-17(10-18)4-5-21(11-17)15(23)7-12-9-25-16(19-12)20-14(22)8-13-3-2-6-24-13/h2-3,6,9H,4-5,7-8,10-11,18H2,1H3,(H,19,20,22). The van der Waals surface area contributed by atoms with E-state index in [2.05, 4.69) is 17.2 Å². The van der Waals surface area contributed by atoms with E-state index in [0.29, 0.717) is 30.3 Å². The summed E-state index contributed by atoms with van der Waals surface area (Å²) in [5.41, 5.74) is 6.52. The SMILES string of the molecule is CC1(CN)CCN(C(=O)Cc2csc(NC(=O)Cc3cccs3)n2)C1. The lowest BCUT2D eigenvalue weighted by Crippen LogP contribution is -2.35. The van der Waals surface area contributed by atoms with Crippen molar-refractivity contribution in [3.05, 3.63) is 33.5 Å². The molecule has 0 aromatic carbocycles. The van der Waals surface area contributed by atoms with Gasteiger partial charge in [-0.3, -0.25) is 9.59 Å². The maximum absolute atomic E-state index is 12.4. The van der Waals surface area contributed by atoms with E-state index in [4.69, 9.17) is 5.73 Å². The summed E-state index contributed by atoms with van der Waals surface area (Å²) in [6, 6.07) is 3.86. The summed E-state index contributed by atoms with van der Waals surface area (Å²) in [5.74, 6) is -0.0214. The molecule has 2 aromatic rings. The van der Waals surface area contributed by atoms with Crippen LogP contribution in [-0.4, -0.2) is 41.3 Å². The summed E-state index contributed by atoms with van der Waals surface area (Å²) in [4.78, 5) is 31.7. The molecule has 3 N–H and O–H groups in total. The summed E-state index contributed by atoms with van der Waals surface area (Å²) < 4.78 is 0. The Morgan fingerprint density at radius 2 is 2.24 bits per heavy atom. The van der Waals surface area contributed by atoms with Gasteiger partial charge < -0.3 is 16.0 Å². The molecule has 0 radical (unpaired) electrons. The predicted molar refractivity (Wildman–Crippen MR) is 101 cm³/mol. The zero-order valence-corrected chi connectivity index (χ0v) is 15.8. The van der Waals surface area contributed by atoms with Crippen LogP contribution in [-0.2, 0) is 22.4 Å². The predicted octanol–water partition coefficient (Wildman–Crippen LogP) is 2.13. The van der Waals surface area contributed by atoms with Crippen molar-refractivity contribution in [1.82, 2.24) is 9.88 Å². The van der Waals surface area contributed by atoms with Gasteiger partial charge in [-0.25, -0.2) is 4.98 Å². The van der Waals surface area contributed by atoms with Gasteiger partial charge in [0.2, 0.25) is 11.8 Å². The van der Waals surface area contributed by atoms with Crippen molar-refractivity contribution in [1.29, 1.82) is 0 Å².